The van der Waals surface area contributed by atoms with Crippen molar-refractivity contribution in [3.8, 4) is 6.07 Å². The molecule has 1 fully saturated rings. The summed E-state index contributed by atoms with van der Waals surface area (Å²) in [6.07, 6.45) is 4.87. The first-order chi connectivity index (χ1) is 7.47. The molecule has 0 radical (unpaired) electrons. The zero-order valence-corrected chi connectivity index (χ0v) is 10.5. The molecule has 0 bridgehead atoms. The van der Waals surface area contributed by atoms with Gasteiger partial charge in [0, 0.05) is 12.0 Å². The van der Waals surface area contributed by atoms with Crippen LogP contribution in [0.25, 0.3) is 0 Å². The van der Waals surface area contributed by atoms with Crippen LogP contribution in [0, 0.1) is 22.7 Å². The van der Waals surface area contributed by atoms with Crippen LogP contribution in [0.4, 0.5) is 0 Å². The van der Waals surface area contributed by atoms with E-state index in [4.69, 9.17) is 5.26 Å². The summed E-state index contributed by atoms with van der Waals surface area (Å²) in [6.45, 7) is 6.23. The molecule has 1 rings (SSSR count). The van der Waals surface area contributed by atoms with E-state index in [9.17, 15) is 4.79 Å². The predicted octanol–water partition coefficient (Wildman–Crippen LogP) is 2.62. The Morgan fingerprint density at radius 1 is 1.56 bits per heavy atom. The van der Waals surface area contributed by atoms with Gasteiger partial charge in [-0.25, -0.2) is 0 Å². The number of nitriles is 1. The highest BCUT2D eigenvalue weighted by Gasteiger charge is 2.37. The Hall–Kier alpha value is -1.04. The average Bonchev–Trinajstić information content (AvgIpc) is 2.16. The van der Waals surface area contributed by atoms with E-state index in [-0.39, 0.29) is 23.3 Å². The maximum Gasteiger partial charge on any atom is 0.223 e. The standard InChI is InChI=1S/C13H22N2O/c1-10(7-9-14)15-12(16)11-6-4-5-8-13(11,2)3/h10-11H,4-8H2,1-3H3,(H,15,16). The van der Waals surface area contributed by atoms with Crippen LogP contribution in [0.1, 0.15) is 52.9 Å². The Balaban J connectivity index is 2.55. The quantitative estimate of drug-likeness (QED) is 0.798. The third-order valence-electron chi connectivity index (χ3n) is 3.61. The number of amides is 1. The van der Waals surface area contributed by atoms with E-state index in [2.05, 4.69) is 25.2 Å². The molecule has 90 valence electrons. The van der Waals surface area contributed by atoms with Gasteiger partial charge in [0.05, 0.1) is 12.5 Å². The van der Waals surface area contributed by atoms with Gasteiger partial charge in [0.15, 0.2) is 0 Å². The van der Waals surface area contributed by atoms with Gasteiger partial charge < -0.3 is 5.32 Å². The van der Waals surface area contributed by atoms with Gasteiger partial charge in [0.2, 0.25) is 5.91 Å². The molecule has 0 spiro atoms. The molecule has 3 heteroatoms. The Bertz CT molecular complexity index is 291. The minimum absolute atomic E-state index is 0.0322. The van der Waals surface area contributed by atoms with E-state index in [0.717, 1.165) is 19.3 Å². The van der Waals surface area contributed by atoms with Crippen LogP contribution >= 0.6 is 0 Å². The normalized spacial score (nSPS) is 25.5. The van der Waals surface area contributed by atoms with E-state index >= 15 is 0 Å². The second kappa shape index (κ2) is 5.34. The number of hydrogen-bond acceptors (Lipinski definition) is 2. The van der Waals surface area contributed by atoms with Crippen LogP contribution in [0.5, 0.6) is 0 Å². The van der Waals surface area contributed by atoms with Gasteiger partial charge >= 0.3 is 0 Å². The summed E-state index contributed by atoms with van der Waals surface area (Å²) in [4.78, 5) is 12.1. The lowest BCUT2D eigenvalue weighted by Gasteiger charge is -2.37. The highest BCUT2D eigenvalue weighted by molar-refractivity contribution is 5.79. The molecule has 0 aliphatic heterocycles. The number of carbonyl (C=O) groups is 1. The van der Waals surface area contributed by atoms with Crippen LogP contribution in [0.15, 0.2) is 0 Å². The molecule has 0 aromatic rings. The van der Waals surface area contributed by atoms with E-state index in [0.29, 0.717) is 6.42 Å². The van der Waals surface area contributed by atoms with Crippen LogP contribution in [0.2, 0.25) is 0 Å². The maximum atomic E-state index is 12.1. The first-order valence-corrected chi connectivity index (χ1v) is 6.14. The molecule has 1 amide bonds. The van der Waals surface area contributed by atoms with Crippen molar-refractivity contribution in [2.45, 2.75) is 58.9 Å². The summed E-state index contributed by atoms with van der Waals surface area (Å²) in [6, 6.07) is 2.05. The summed E-state index contributed by atoms with van der Waals surface area (Å²) >= 11 is 0. The lowest BCUT2D eigenvalue weighted by atomic mass is 9.68. The largest absolute Gasteiger partial charge is 0.352 e. The number of nitrogens with zero attached hydrogens (tertiary/aromatic N) is 1. The fourth-order valence-corrected chi connectivity index (χ4v) is 2.51. The second-order valence-electron chi connectivity index (χ2n) is 5.56. The van der Waals surface area contributed by atoms with E-state index in [1.54, 1.807) is 0 Å². The summed E-state index contributed by atoms with van der Waals surface area (Å²) in [5.41, 5.74) is 0.106. The van der Waals surface area contributed by atoms with E-state index in [1.165, 1.54) is 6.42 Å². The van der Waals surface area contributed by atoms with Gasteiger partial charge in [-0.2, -0.15) is 5.26 Å². The van der Waals surface area contributed by atoms with Crippen molar-refractivity contribution in [2.24, 2.45) is 11.3 Å². The smallest absolute Gasteiger partial charge is 0.223 e. The van der Waals surface area contributed by atoms with Crippen molar-refractivity contribution in [3.05, 3.63) is 0 Å². The molecule has 0 saturated heterocycles. The van der Waals surface area contributed by atoms with Gasteiger partial charge in [0.1, 0.15) is 0 Å². The first kappa shape index (κ1) is 13.0. The second-order valence-corrected chi connectivity index (χ2v) is 5.56. The van der Waals surface area contributed by atoms with E-state index < -0.39 is 0 Å². The Kier molecular flexibility index (Phi) is 4.35. The molecule has 1 aliphatic carbocycles. The fraction of sp³-hybridized carbons (Fsp3) is 0.846. The van der Waals surface area contributed by atoms with Gasteiger partial charge in [0.25, 0.3) is 0 Å². The zero-order chi connectivity index (χ0) is 12.2. The number of rotatable bonds is 3. The Labute approximate surface area is 98.2 Å². The monoisotopic (exact) mass is 222 g/mol. The summed E-state index contributed by atoms with van der Waals surface area (Å²) in [5, 5.41) is 11.5. The predicted molar refractivity (Wildman–Crippen MR) is 63.6 cm³/mol. The lowest BCUT2D eigenvalue weighted by Crippen LogP contribution is -2.44. The topological polar surface area (TPSA) is 52.9 Å². The van der Waals surface area contributed by atoms with Crippen LogP contribution in [0.3, 0.4) is 0 Å². The summed E-state index contributed by atoms with van der Waals surface area (Å²) in [7, 11) is 0. The highest BCUT2D eigenvalue weighted by Crippen LogP contribution is 2.40. The highest BCUT2D eigenvalue weighted by atomic mass is 16.2. The van der Waals surface area contributed by atoms with Gasteiger partial charge in [-0.05, 0) is 25.2 Å². The van der Waals surface area contributed by atoms with Gasteiger partial charge in [-0.1, -0.05) is 26.7 Å². The van der Waals surface area contributed by atoms with Gasteiger partial charge in [-0.15, -0.1) is 0 Å². The fourth-order valence-electron chi connectivity index (χ4n) is 2.51. The van der Waals surface area contributed by atoms with Crippen molar-refractivity contribution in [3.63, 3.8) is 0 Å². The molecular weight excluding hydrogens is 200 g/mol. The van der Waals surface area contributed by atoms with Gasteiger partial charge in [-0.3, -0.25) is 4.79 Å². The van der Waals surface area contributed by atoms with Crippen LogP contribution in [-0.2, 0) is 4.79 Å². The van der Waals surface area contributed by atoms with Crippen molar-refractivity contribution in [1.29, 1.82) is 5.26 Å². The maximum absolute atomic E-state index is 12.1. The first-order valence-electron chi connectivity index (χ1n) is 6.14. The molecule has 3 nitrogen and oxygen atoms in total. The minimum atomic E-state index is -0.0322. The third-order valence-corrected chi connectivity index (χ3v) is 3.61. The van der Waals surface area contributed by atoms with Crippen LogP contribution in [-0.4, -0.2) is 11.9 Å². The average molecular weight is 222 g/mol. The zero-order valence-electron chi connectivity index (χ0n) is 10.5. The van der Waals surface area contributed by atoms with Crippen molar-refractivity contribution in [1.82, 2.24) is 5.32 Å². The molecule has 1 aliphatic rings. The van der Waals surface area contributed by atoms with Crippen molar-refractivity contribution < 1.29 is 4.79 Å². The Morgan fingerprint density at radius 3 is 2.81 bits per heavy atom. The van der Waals surface area contributed by atoms with E-state index in [1.807, 2.05) is 6.92 Å². The molecule has 16 heavy (non-hydrogen) atoms. The molecule has 0 aromatic heterocycles. The molecule has 0 heterocycles. The van der Waals surface area contributed by atoms with Crippen molar-refractivity contribution >= 4 is 5.91 Å². The Morgan fingerprint density at radius 2 is 2.25 bits per heavy atom. The summed E-state index contributed by atoms with van der Waals surface area (Å²) < 4.78 is 0. The number of nitrogens with one attached hydrogen (secondary N) is 1. The number of carbonyl (C=O) groups excluding carboxylic acids is 1. The molecule has 1 saturated carbocycles. The molecular formula is C13H22N2O. The number of hydrogen-bond donors (Lipinski definition) is 1. The van der Waals surface area contributed by atoms with Crippen LogP contribution < -0.4 is 5.32 Å². The lowest BCUT2D eigenvalue weighted by molar-refractivity contribution is -0.130. The molecule has 1 N–H and O–H groups in total. The molecule has 0 aromatic carbocycles. The minimum Gasteiger partial charge on any atom is -0.352 e. The van der Waals surface area contributed by atoms with Crippen molar-refractivity contribution in [2.75, 3.05) is 0 Å². The summed E-state index contributed by atoms with van der Waals surface area (Å²) in [5.74, 6) is 0.245. The molecule has 2 unspecified atom stereocenters. The molecule has 2 atom stereocenters. The third kappa shape index (κ3) is 3.23. The SMILES string of the molecule is CC(CC#N)NC(=O)C1CCCCC1(C)C.